The van der Waals surface area contributed by atoms with Gasteiger partial charge in [-0.3, -0.25) is 0 Å². The SMILES string of the molecule is [2H]c1cc(-c2ccccc2)c(N2c3ccc(-c4cccc(C(C)(C)C)c4)cc3B3c4cc(-c5cccc(C(C)(C)C)c5)ccc4N(c4c(-c5ccccc5)cc([2H])cc4-c4ccccc4)c4cc(-c5c(C)cc(C)cc5C)cc2c43)c(-c2ccccc2)c1. The number of benzene rings is 12. The van der Waals surface area contributed by atoms with Crippen LogP contribution in [0.2, 0.25) is 0 Å². The predicted molar refractivity (Wildman–Crippen MR) is 370 cm³/mol. The van der Waals surface area contributed by atoms with Gasteiger partial charge in [0.05, 0.1) is 14.1 Å². The summed E-state index contributed by atoms with van der Waals surface area (Å²) in [5.41, 5.74) is 30.9. The Balaban J connectivity index is 1.20. The maximum Gasteiger partial charge on any atom is 0.252 e. The Morgan fingerprint density at radius 2 is 0.651 bits per heavy atom. The van der Waals surface area contributed by atoms with Crippen molar-refractivity contribution in [3.63, 3.8) is 0 Å². The highest BCUT2D eigenvalue weighted by Crippen LogP contribution is 2.54. The molecule has 0 radical (unpaired) electrons. The minimum Gasteiger partial charge on any atom is -0.310 e. The fraction of sp³-hybridized carbons (Fsp3) is 0.133. The zero-order valence-electron chi connectivity index (χ0n) is 52.7. The number of para-hydroxylation sites is 2. The van der Waals surface area contributed by atoms with Crippen molar-refractivity contribution in [2.75, 3.05) is 9.80 Å². The molecule has 0 bridgehead atoms. The number of aryl methyl sites for hydroxylation is 3. The van der Waals surface area contributed by atoms with Crippen LogP contribution in [0, 0.1) is 20.8 Å². The molecule has 0 atom stereocenters. The van der Waals surface area contributed by atoms with Crippen molar-refractivity contribution in [3.8, 4) is 77.9 Å². The minimum absolute atomic E-state index is 0.0613. The quantitative estimate of drug-likeness (QED) is 0.133. The largest absolute Gasteiger partial charge is 0.310 e. The van der Waals surface area contributed by atoms with Gasteiger partial charge in [-0.05, 0) is 150 Å². The van der Waals surface area contributed by atoms with E-state index < -0.39 is 0 Å². The van der Waals surface area contributed by atoms with E-state index in [0.717, 1.165) is 95.3 Å². The van der Waals surface area contributed by atoms with Crippen LogP contribution in [0.3, 0.4) is 0 Å². The zero-order valence-corrected chi connectivity index (χ0v) is 50.7. The van der Waals surface area contributed by atoms with Crippen LogP contribution in [0.25, 0.3) is 77.9 Å². The zero-order chi connectivity index (χ0) is 60.8. The Morgan fingerprint density at radius 1 is 0.314 bits per heavy atom. The van der Waals surface area contributed by atoms with E-state index in [1.807, 2.05) is 0 Å². The lowest BCUT2D eigenvalue weighted by atomic mass is 9.33. The van der Waals surface area contributed by atoms with Crippen molar-refractivity contribution in [2.45, 2.75) is 73.1 Å². The molecule has 2 heterocycles. The molecule has 12 aromatic rings. The van der Waals surface area contributed by atoms with Crippen molar-refractivity contribution in [1.29, 1.82) is 0 Å². The molecule has 2 aliphatic rings. The summed E-state index contributed by atoms with van der Waals surface area (Å²) in [7, 11) is 0. The molecule has 0 spiro atoms. The third kappa shape index (κ3) is 9.57. The molecule has 2 nitrogen and oxygen atoms in total. The van der Waals surface area contributed by atoms with E-state index >= 15 is 0 Å². The fourth-order valence-electron chi connectivity index (χ4n) is 13.8. The van der Waals surface area contributed by atoms with Crippen LogP contribution in [0.15, 0.2) is 267 Å². The maximum absolute atomic E-state index is 9.68. The first-order chi connectivity index (χ1) is 42.5. The van der Waals surface area contributed by atoms with E-state index in [9.17, 15) is 2.74 Å². The summed E-state index contributed by atoms with van der Waals surface area (Å²) >= 11 is 0. The molecule has 2 aliphatic heterocycles. The second-order valence-corrected chi connectivity index (χ2v) is 25.7. The van der Waals surface area contributed by atoms with Gasteiger partial charge < -0.3 is 9.80 Å². The highest BCUT2D eigenvalue weighted by Gasteiger charge is 2.46. The Morgan fingerprint density at radius 3 is 1.00 bits per heavy atom. The van der Waals surface area contributed by atoms with Crippen LogP contribution in [-0.2, 0) is 10.8 Å². The van der Waals surface area contributed by atoms with Crippen molar-refractivity contribution >= 4 is 57.2 Å². The van der Waals surface area contributed by atoms with Gasteiger partial charge in [0, 0.05) is 45.0 Å². The lowest BCUT2D eigenvalue weighted by molar-refractivity contribution is 0.590. The van der Waals surface area contributed by atoms with Crippen LogP contribution in [0.1, 0.15) is 72.1 Å². The number of nitrogens with zero attached hydrogens (tertiary/aromatic N) is 2. The third-order valence-corrected chi connectivity index (χ3v) is 17.9. The number of hydrogen-bond acceptors (Lipinski definition) is 2. The topological polar surface area (TPSA) is 6.48 Å². The molecule has 0 saturated heterocycles. The average molecular weight is 1110 g/mol. The average Bonchev–Trinajstić information content (AvgIpc) is 0.712. The molecule has 86 heavy (non-hydrogen) atoms. The molecular weight excluding hydrogens is 1040 g/mol. The second kappa shape index (κ2) is 21.4. The van der Waals surface area contributed by atoms with Crippen LogP contribution >= 0.6 is 0 Å². The predicted octanol–water partition coefficient (Wildman–Crippen LogP) is 21.0. The number of hydrogen-bond donors (Lipinski definition) is 0. The van der Waals surface area contributed by atoms with Crippen LogP contribution in [-0.4, -0.2) is 6.71 Å². The van der Waals surface area contributed by atoms with E-state index in [4.69, 9.17) is 0 Å². The summed E-state index contributed by atoms with van der Waals surface area (Å²) in [4.78, 5) is 5.16. The Hall–Kier alpha value is -9.70. The molecule has 416 valence electrons. The normalized spacial score (nSPS) is 13.0. The van der Waals surface area contributed by atoms with Crippen LogP contribution < -0.4 is 26.2 Å². The van der Waals surface area contributed by atoms with Crippen molar-refractivity contribution in [3.05, 3.63) is 295 Å². The first-order valence-corrected chi connectivity index (χ1v) is 30.3. The highest BCUT2D eigenvalue weighted by molar-refractivity contribution is 7.00. The molecule has 0 fully saturated rings. The molecule has 0 unspecified atom stereocenters. The van der Waals surface area contributed by atoms with Crippen molar-refractivity contribution in [2.24, 2.45) is 0 Å². The summed E-state index contributed by atoms with van der Waals surface area (Å²) in [6.45, 7) is 20.2. The van der Waals surface area contributed by atoms with Crippen molar-refractivity contribution < 1.29 is 2.74 Å². The monoisotopic (exact) mass is 1110 g/mol. The van der Waals surface area contributed by atoms with E-state index in [1.54, 1.807) is 0 Å². The van der Waals surface area contributed by atoms with E-state index in [0.29, 0.717) is 12.1 Å². The molecule has 3 heteroatoms. The smallest absolute Gasteiger partial charge is 0.252 e. The van der Waals surface area contributed by atoms with Crippen molar-refractivity contribution in [1.82, 2.24) is 0 Å². The lowest BCUT2D eigenvalue weighted by Crippen LogP contribution is -2.61. The second-order valence-electron chi connectivity index (χ2n) is 25.7. The highest BCUT2D eigenvalue weighted by atomic mass is 15.2. The standard InChI is InChI=1S/C83H71BN2/c1-54-46-55(2)78(56(3)47-54)65-52-76-79-77(53-65)86(81-70(59-30-18-12-19-31-59)40-25-41-71(81)60-32-20-13-21-33-60)75-45-43-64(62-35-23-37-67(49-62)83(7,8)9)51-73(75)84(79)72-50-63(61-34-22-36-66(48-61)82(4,5)6)42-44-74(72)85(76)80-68(57-26-14-10-15-27-57)38-24-39-69(80)58-28-16-11-17-29-58/h10-53H,1-9H3/i24D,25D. The summed E-state index contributed by atoms with van der Waals surface area (Å²) in [5.74, 6) is 0. The van der Waals surface area contributed by atoms with E-state index in [2.05, 4.69) is 327 Å². The molecule has 0 aromatic heterocycles. The Labute approximate surface area is 512 Å². The summed E-state index contributed by atoms with van der Waals surface area (Å²) in [6, 6.07) is 94.3. The van der Waals surface area contributed by atoms with Gasteiger partial charge in [0.2, 0.25) is 0 Å². The maximum atomic E-state index is 9.68. The molecule has 0 amide bonds. The number of rotatable bonds is 9. The Kier molecular flexibility index (Phi) is 12.9. The molecule has 0 N–H and O–H groups in total. The summed E-state index contributed by atoms with van der Waals surface area (Å²) < 4.78 is 19.4. The van der Waals surface area contributed by atoms with Crippen LogP contribution in [0.4, 0.5) is 34.1 Å². The van der Waals surface area contributed by atoms with Gasteiger partial charge in [0.15, 0.2) is 0 Å². The number of anilines is 6. The molecule has 12 aromatic carbocycles. The molecular formula is C83H71BN2. The van der Waals surface area contributed by atoms with Gasteiger partial charge in [-0.25, -0.2) is 0 Å². The first-order valence-electron chi connectivity index (χ1n) is 31.3. The Bertz CT molecular complexity index is 4280. The van der Waals surface area contributed by atoms with Gasteiger partial charge in [0.25, 0.3) is 6.71 Å². The fourth-order valence-corrected chi connectivity index (χ4v) is 13.8. The number of fused-ring (bicyclic) bond motifs is 4. The van der Waals surface area contributed by atoms with Crippen LogP contribution in [0.5, 0.6) is 0 Å². The van der Waals surface area contributed by atoms with Gasteiger partial charge in [-0.15, -0.1) is 0 Å². The van der Waals surface area contributed by atoms with E-state index in [1.165, 1.54) is 60.9 Å². The first kappa shape index (κ1) is 51.9. The third-order valence-electron chi connectivity index (χ3n) is 17.9. The lowest BCUT2D eigenvalue weighted by Gasteiger charge is -2.46. The summed E-state index contributed by atoms with van der Waals surface area (Å²) in [6.07, 6.45) is 0. The minimum atomic E-state index is -0.278. The van der Waals surface area contributed by atoms with Gasteiger partial charge >= 0.3 is 0 Å². The summed E-state index contributed by atoms with van der Waals surface area (Å²) in [5, 5.41) is 0. The molecule has 0 saturated carbocycles. The van der Waals surface area contributed by atoms with E-state index in [-0.39, 0.29) is 17.5 Å². The molecule has 0 aliphatic carbocycles. The molecule has 14 rings (SSSR count). The van der Waals surface area contributed by atoms with Gasteiger partial charge in [-0.1, -0.05) is 290 Å². The van der Waals surface area contributed by atoms with Gasteiger partial charge in [0.1, 0.15) is 0 Å². The van der Waals surface area contributed by atoms with Gasteiger partial charge in [-0.2, -0.15) is 0 Å².